The summed E-state index contributed by atoms with van der Waals surface area (Å²) in [4.78, 5) is 0. The predicted octanol–water partition coefficient (Wildman–Crippen LogP) is 4.12. The number of nitrogens with zero attached hydrogens (tertiary/aromatic N) is 4. The molecule has 0 unspecified atom stereocenters. The molecule has 0 aliphatic heterocycles. The minimum atomic E-state index is 1.07. The summed E-state index contributed by atoms with van der Waals surface area (Å²) in [5.41, 5.74) is 4.53. The number of benzene rings is 2. The molecule has 2 aromatic heterocycles. The topological polar surface area (TPSA) is 34.6 Å². The lowest BCUT2D eigenvalue weighted by Gasteiger charge is -1.92. The van der Waals surface area contributed by atoms with Crippen LogP contribution in [0.4, 0.5) is 0 Å². The van der Waals surface area contributed by atoms with Gasteiger partial charge in [0.1, 0.15) is 0 Å². The maximum Gasteiger partial charge on any atom is 0.0589 e. The van der Waals surface area contributed by atoms with Crippen LogP contribution in [0.3, 0.4) is 0 Å². The van der Waals surface area contributed by atoms with E-state index in [-0.39, 0.29) is 0 Å². The van der Waals surface area contributed by atoms with Crippen LogP contribution in [-0.4, -0.2) is 21.6 Å². The van der Waals surface area contributed by atoms with Gasteiger partial charge in [0.05, 0.1) is 12.4 Å². The average Bonchev–Trinajstić information content (AvgIpc) is 3.10. The van der Waals surface area contributed by atoms with Crippen molar-refractivity contribution in [3.63, 3.8) is 0 Å². The van der Waals surface area contributed by atoms with Crippen molar-refractivity contribution in [2.24, 2.45) is 24.3 Å². The highest BCUT2D eigenvalue weighted by atomic mass is 15.2. The van der Waals surface area contributed by atoms with Gasteiger partial charge < -0.3 is 9.13 Å². The zero-order valence-electron chi connectivity index (χ0n) is 13.7. The van der Waals surface area contributed by atoms with Crippen LogP contribution in [0.1, 0.15) is 11.1 Å². The third-order valence-electron chi connectivity index (χ3n) is 4.32. The van der Waals surface area contributed by atoms with Gasteiger partial charge in [-0.2, -0.15) is 10.2 Å². The largest absolute Gasteiger partial charge is 0.350 e. The van der Waals surface area contributed by atoms with Gasteiger partial charge in [-0.05, 0) is 12.1 Å². The van der Waals surface area contributed by atoms with E-state index >= 15 is 0 Å². The molecule has 0 radical (unpaired) electrons. The minimum absolute atomic E-state index is 1.07. The van der Waals surface area contributed by atoms with Gasteiger partial charge in [-0.15, -0.1) is 0 Å². The molecule has 0 aliphatic carbocycles. The van der Waals surface area contributed by atoms with E-state index in [1.54, 1.807) is 0 Å². The van der Waals surface area contributed by atoms with Crippen LogP contribution in [0, 0.1) is 0 Å². The quantitative estimate of drug-likeness (QED) is 0.403. The molecular formula is C20H18N4. The summed E-state index contributed by atoms with van der Waals surface area (Å²) in [6, 6.07) is 16.6. The predicted molar refractivity (Wildman–Crippen MR) is 101 cm³/mol. The average molecular weight is 314 g/mol. The van der Waals surface area contributed by atoms with E-state index in [0.717, 1.165) is 11.1 Å². The van der Waals surface area contributed by atoms with Gasteiger partial charge in [0.25, 0.3) is 0 Å². The van der Waals surface area contributed by atoms with Gasteiger partial charge in [0.2, 0.25) is 0 Å². The van der Waals surface area contributed by atoms with Crippen LogP contribution < -0.4 is 0 Å². The molecule has 24 heavy (non-hydrogen) atoms. The smallest absolute Gasteiger partial charge is 0.0589 e. The summed E-state index contributed by atoms with van der Waals surface area (Å²) >= 11 is 0. The van der Waals surface area contributed by atoms with Crippen LogP contribution in [0.15, 0.2) is 71.1 Å². The van der Waals surface area contributed by atoms with Gasteiger partial charge in [0, 0.05) is 59.4 Å². The Balaban J connectivity index is 1.63. The molecule has 0 amide bonds. The molecule has 4 rings (SSSR count). The molecule has 2 heterocycles. The summed E-state index contributed by atoms with van der Waals surface area (Å²) < 4.78 is 4.20. The number of hydrogen-bond acceptors (Lipinski definition) is 2. The standard InChI is InChI=1S/C20H18N4/c1-23-13-15(17-7-3-5-9-19(17)23)11-21-22-12-16-14-24(2)20-10-6-4-8-18(16)20/h3-14H,1-2H3/b21-11+,22-12+. The first-order valence-electron chi connectivity index (χ1n) is 7.88. The van der Waals surface area contributed by atoms with E-state index in [0.29, 0.717) is 0 Å². The first-order chi connectivity index (χ1) is 11.7. The number of hydrogen-bond donors (Lipinski definition) is 0. The lowest BCUT2D eigenvalue weighted by Crippen LogP contribution is -1.82. The second-order valence-corrected chi connectivity index (χ2v) is 5.91. The zero-order valence-corrected chi connectivity index (χ0v) is 13.7. The van der Waals surface area contributed by atoms with Crippen LogP contribution in [0.2, 0.25) is 0 Å². The fourth-order valence-electron chi connectivity index (χ4n) is 3.14. The first-order valence-corrected chi connectivity index (χ1v) is 7.88. The molecule has 2 aromatic carbocycles. The number of rotatable bonds is 3. The van der Waals surface area contributed by atoms with Gasteiger partial charge in [0.15, 0.2) is 0 Å². The molecule has 4 heteroatoms. The van der Waals surface area contributed by atoms with Gasteiger partial charge in [-0.3, -0.25) is 0 Å². The SMILES string of the molecule is Cn1cc(/C=N/N=C/c2cn(C)c3ccccc23)c2ccccc21. The van der Waals surface area contributed by atoms with Crippen molar-refractivity contribution in [3.05, 3.63) is 72.1 Å². The Labute approximate surface area is 140 Å². The molecule has 0 saturated heterocycles. The lowest BCUT2D eigenvalue weighted by atomic mass is 10.2. The number of aryl methyl sites for hydroxylation is 2. The van der Waals surface area contributed by atoms with Crippen molar-refractivity contribution in [2.45, 2.75) is 0 Å². The van der Waals surface area contributed by atoms with Crippen molar-refractivity contribution in [2.75, 3.05) is 0 Å². The van der Waals surface area contributed by atoms with E-state index in [1.165, 1.54) is 21.8 Å². The normalized spacial score (nSPS) is 12.2. The van der Waals surface area contributed by atoms with Crippen LogP contribution in [0.25, 0.3) is 21.8 Å². The highest BCUT2D eigenvalue weighted by molar-refractivity contribution is 6.01. The third kappa shape index (κ3) is 2.42. The molecule has 4 nitrogen and oxygen atoms in total. The molecule has 4 aromatic rings. The summed E-state index contributed by atoms with van der Waals surface area (Å²) in [6.07, 6.45) is 7.76. The van der Waals surface area contributed by atoms with Crippen molar-refractivity contribution < 1.29 is 0 Å². The number of para-hydroxylation sites is 2. The Hall–Kier alpha value is -3.14. The van der Waals surface area contributed by atoms with E-state index in [9.17, 15) is 0 Å². The Bertz CT molecular complexity index is 992. The van der Waals surface area contributed by atoms with Crippen molar-refractivity contribution >= 4 is 34.2 Å². The van der Waals surface area contributed by atoms with Crippen LogP contribution >= 0.6 is 0 Å². The molecule has 0 bridgehead atoms. The first kappa shape index (κ1) is 14.5. The van der Waals surface area contributed by atoms with E-state index in [2.05, 4.69) is 56.0 Å². The monoisotopic (exact) mass is 314 g/mol. The lowest BCUT2D eigenvalue weighted by molar-refractivity contribution is 0.968. The summed E-state index contributed by atoms with van der Waals surface area (Å²) in [5, 5.41) is 10.8. The Kier molecular flexibility index (Phi) is 3.50. The maximum atomic E-state index is 4.24. The second kappa shape index (κ2) is 5.81. The van der Waals surface area contributed by atoms with Crippen LogP contribution in [-0.2, 0) is 14.1 Å². The molecule has 0 N–H and O–H groups in total. The molecule has 0 saturated carbocycles. The van der Waals surface area contributed by atoms with Crippen LogP contribution in [0.5, 0.6) is 0 Å². The third-order valence-corrected chi connectivity index (χ3v) is 4.32. The Morgan fingerprint density at radius 3 is 1.54 bits per heavy atom. The molecular weight excluding hydrogens is 296 g/mol. The fraction of sp³-hybridized carbons (Fsp3) is 0.100. The highest BCUT2D eigenvalue weighted by Gasteiger charge is 2.04. The highest BCUT2D eigenvalue weighted by Crippen LogP contribution is 2.19. The molecule has 118 valence electrons. The minimum Gasteiger partial charge on any atom is -0.350 e. The van der Waals surface area contributed by atoms with E-state index in [1.807, 2.05) is 50.8 Å². The van der Waals surface area contributed by atoms with Crippen molar-refractivity contribution in [1.82, 2.24) is 9.13 Å². The fourth-order valence-corrected chi connectivity index (χ4v) is 3.14. The van der Waals surface area contributed by atoms with Gasteiger partial charge in [-0.25, -0.2) is 0 Å². The summed E-state index contributed by atoms with van der Waals surface area (Å²) in [7, 11) is 4.08. The second-order valence-electron chi connectivity index (χ2n) is 5.91. The van der Waals surface area contributed by atoms with Crippen molar-refractivity contribution in [3.8, 4) is 0 Å². The van der Waals surface area contributed by atoms with Crippen molar-refractivity contribution in [1.29, 1.82) is 0 Å². The molecule has 0 aliphatic rings. The summed E-state index contributed by atoms with van der Waals surface area (Å²) in [6.45, 7) is 0. The Morgan fingerprint density at radius 1 is 0.667 bits per heavy atom. The van der Waals surface area contributed by atoms with Gasteiger partial charge in [-0.1, -0.05) is 36.4 Å². The Morgan fingerprint density at radius 2 is 1.08 bits per heavy atom. The zero-order chi connectivity index (χ0) is 16.5. The summed E-state index contributed by atoms with van der Waals surface area (Å²) in [5.74, 6) is 0. The molecule has 0 spiro atoms. The van der Waals surface area contributed by atoms with Gasteiger partial charge >= 0.3 is 0 Å². The molecule has 0 fully saturated rings. The van der Waals surface area contributed by atoms with E-state index < -0.39 is 0 Å². The number of fused-ring (bicyclic) bond motifs is 2. The maximum absolute atomic E-state index is 4.24. The molecule has 0 atom stereocenters. The van der Waals surface area contributed by atoms with E-state index in [4.69, 9.17) is 0 Å². The number of aromatic nitrogens is 2.